The van der Waals surface area contributed by atoms with Gasteiger partial charge < -0.3 is 0 Å². The van der Waals surface area contributed by atoms with Crippen molar-refractivity contribution in [1.82, 2.24) is 0 Å². The fourth-order valence-electron chi connectivity index (χ4n) is 4.37. The van der Waals surface area contributed by atoms with Crippen LogP contribution in [0.5, 0.6) is 0 Å². The molecule has 4 heteroatoms. The Morgan fingerprint density at radius 2 is 1.15 bits per heavy atom. The Labute approximate surface area is 204 Å². The molecule has 0 amide bonds. The van der Waals surface area contributed by atoms with E-state index in [4.69, 9.17) is 3.56 Å². The Morgan fingerprint density at radius 3 is 1.61 bits per heavy atom. The number of rotatable bonds is 6. The molecule has 33 heavy (non-hydrogen) atoms. The molecule has 0 aromatic heterocycles. The number of anilines is 2. The van der Waals surface area contributed by atoms with Gasteiger partial charge in [0.15, 0.2) is 0 Å². The second-order valence-electron chi connectivity index (χ2n) is 8.90. The molecule has 1 aliphatic rings. The van der Waals surface area contributed by atoms with Crippen LogP contribution >= 0.6 is 0 Å². The van der Waals surface area contributed by atoms with E-state index in [1.165, 1.54) is 32.4 Å². The molecule has 0 atom stereocenters. The van der Waals surface area contributed by atoms with Gasteiger partial charge in [-0.2, -0.15) is 0 Å². The third-order valence-corrected chi connectivity index (χ3v) is 9.50. The van der Waals surface area contributed by atoms with Crippen LogP contribution in [0.15, 0.2) is 78.9 Å². The maximum atomic E-state index is 6.31. The molecule has 0 bridgehead atoms. The molecular weight excluding hydrogens is 493 g/mol. The molecule has 0 unspecified atom stereocenters. The zero-order valence-corrected chi connectivity index (χ0v) is 22.0. The van der Waals surface area contributed by atoms with Gasteiger partial charge in [-0.15, -0.1) is 0 Å². The SMILES string of the molecule is C[O]/[Ru](=[CH]\c1ccccc1)=[C]1N(c2ccccc2C(C)C)CCN1c1ccccc1C(C)C. The van der Waals surface area contributed by atoms with Crippen molar-refractivity contribution in [2.75, 3.05) is 30.0 Å². The van der Waals surface area contributed by atoms with E-state index in [1.807, 2.05) is 7.11 Å². The average molecular weight is 529 g/mol. The summed E-state index contributed by atoms with van der Waals surface area (Å²) >= 11 is -1.96. The molecule has 0 N–H and O–H groups in total. The Balaban J connectivity index is 1.96. The molecule has 0 spiro atoms. The monoisotopic (exact) mass is 529 g/mol. The molecular formula is C29H35N2ORu. The van der Waals surface area contributed by atoms with E-state index in [0.29, 0.717) is 11.8 Å². The molecule has 175 valence electrons. The Morgan fingerprint density at radius 1 is 0.697 bits per heavy atom. The van der Waals surface area contributed by atoms with Crippen molar-refractivity contribution < 1.29 is 19.0 Å². The molecule has 0 saturated carbocycles. The van der Waals surface area contributed by atoms with Gasteiger partial charge in [0.2, 0.25) is 0 Å². The van der Waals surface area contributed by atoms with Gasteiger partial charge in [-0.3, -0.25) is 0 Å². The van der Waals surface area contributed by atoms with E-state index in [-0.39, 0.29) is 0 Å². The molecule has 3 aromatic carbocycles. The van der Waals surface area contributed by atoms with Crippen LogP contribution in [0.2, 0.25) is 0 Å². The van der Waals surface area contributed by atoms with E-state index in [1.54, 1.807) is 0 Å². The van der Waals surface area contributed by atoms with Crippen LogP contribution in [0.1, 0.15) is 56.2 Å². The first-order valence-corrected chi connectivity index (χ1v) is 14.3. The van der Waals surface area contributed by atoms with Gasteiger partial charge in [-0.05, 0) is 0 Å². The number of hydrogen-bond donors (Lipinski definition) is 0. The molecule has 3 aromatic rings. The van der Waals surface area contributed by atoms with Gasteiger partial charge in [0, 0.05) is 0 Å². The van der Waals surface area contributed by atoms with Crippen molar-refractivity contribution >= 4 is 20.3 Å². The summed E-state index contributed by atoms with van der Waals surface area (Å²) in [6.45, 7) is 11.0. The van der Waals surface area contributed by atoms with E-state index >= 15 is 0 Å². The average Bonchev–Trinajstić information content (AvgIpc) is 3.27. The Kier molecular flexibility index (Phi) is 7.68. The summed E-state index contributed by atoms with van der Waals surface area (Å²) in [7, 11) is 1.88. The van der Waals surface area contributed by atoms with Crippen LogP contribution < -0.4 is 9.80 Å². The summed E-state index contributed by atoms with van der Waals surface area (Å²) in [6, 6.07) is 28.3. The molecule has 4 rings (SSSR count). The first kappa shape index (κ1) is 23.7. The van der Waals surface area contributed by atoms with Crippen LogP contribution in [0, 0.1) is 0 Å². The van der Waals surface area contributed by atoms with Gasteiger partial charge in [-0.25, -0.2) is 0 Å². The number of hydrogen-bond acceptors (Lipinski definition) is 3. The summed E-state index contributed by atoms with van der Waals surface area (Å²) in [5, 5.41) is 0. The van der Waals surface area contributed by atoms with Crippen molar-refractivity contribution in [2.45, 2.75) is 39.5 Å². The van der Waals surface area contributed by atoms with Gasteiger partial charge in [0.05, 0.1) is 0 Å². The summed E-state index contributed by atoms with van der Waals surface area (Å²) in [6.07, 6.45) is 0. The first-order valence-electron chi connectivity index (χ1n) is 11.7. The van der Waals surface area contributed by atoms with Gasteiger partial charge >= 0.3 is 204 Å². The fraction of sp³-hybridized carbons (Fsp3) is 0.310. The second-order valence-corrected chi connectivity index (χ2v) is 12.2. The molecule has 1 aliphatic heterocycles. The minimum absolute atomic E-state index is 0.459. The van der Waals surface area contributed by atoms with Crippen LogP contribution in [0.3, 0.4) is 0 Å². The van der Waals surface area contributed by atoms with Crippen molar-refractivity contribution in [1.29, 1.82) is 0 Å². The summed E-state index contributed by atoms with van der Waals surface area (Å²) in [5.41, 5.74) is 6.62. The van der Waals surface area contributed by atoms with Crippen LogP contribution in [0.25, 0.3) is 0 Å². The van der Waals surface area contributed by atoms with Gasteiger partial charge in [0.25, 0.3) is 0 Å². The first-order chi connectivity index (χ1) is 16.0. The van der Waals surface area contributed by atoms with Crippen LogP contribution in [-0.2, 0) is 19.0 Å². The van der Waals surface area contributed by atoms with E-state index in [2.05, 4.69) is 121 Å². The third-order valence-electron chi connectivity index (χ3n) is 6.00. The van der Waals surface area contributed by atoms with E-state index < -0.39 is 15.4 Å². The van der Waals surface area contributed by atoms with Crippen molar-refractivity contribution in [3.05, 3.63) is 95.6 Å². The van der Waals surface area contributed by atoms with Crippen molar-refractivity contribution in [2.24, 2.45) is 0 Å². The standard InChI is InChI=1S/C21H26N2.C7H6.CH3O.Ru/c1-16(2)18-9-5-7-11-20(18)22-13-14-23(15-22)21-12-8-6-10-19(21)17(3)4;1-7-5-3-2-4-6-7;1-2;/h5-12,16-17H,13-14H2,1-4H3;1-6H;1H3;/q;;-1;+1. The summed E-state index contributed by atoms with van der Waals surface area (Å²) in [4.78, 5) is 5.07. The zero-order valence-electron chi connectivity index (χ0n) is 20.3. The van der Waals surface area contributed by atoms with Crippen molar-refractivity contribution in [3.63, 3.8) is 0 Å². The van der Waals surface area contributed by atoms with Crippen molar-refractivity contribution in [3.8, 4) is 0 Å². The van der Waals surface area contributed by atoms with Gasteiger partial charge in [0.1, 0.15) is 0 Å². The van der Waals surface area contributed by atoms with E-state index in [0.717, 1.165) is 13.1 Å². The second kappa shape index (κ2) is 10.7. The Hall–Kier alpha value is -2.42. The molecule has 0 aliphatic carbocycles. The topological polar surface area (TPSA) is 15.7 Å². The molecule has 1 heterocycles. The molecule has 1 fully saturated rings. The Bertz CT molecular complexity index is 1120. The summed E-state index contributed by atoms with van der Waals surface area (Å²) < 4.78 is 10.0. The van der Waals surface area contributed by atoms with Gasteiger partial charge in [-0.1, -0.05) is 0 Å². The van der Waals surface area contributed by atoms with Crippen LogP contribution in [-0.4, -0.2) is 29.2 Å². The maximum absolute atomic E-state index is 6.31. The van der Waals surface area contributed by atoms with E-state index in [9.17, 15) is 0 Å². The fourth-order valence-corrected chi connectivity index (χ4v) is 7.71. The number of para-hydroxylation sites is 2. The normalized spacial score (nSPS) is 15.2. The predicted molar refractivity (Wildman–Crippen MR) is 139 cm³/mol. The molecule has 3 nitrogen and oxygen atoms in total. The third kappa shape index (κ3) is 5.08. The quantitative estimate of drug-likeness (QED) is 0.346. The predicted octanol–water partition coefficient (Wildman–Crippen LogP) is 6.38. The van der Waals surface area contributed by atoms with Crippen LogP contribution in [0.4, 0.5) is 11.4 Å². The minimum atomic E-state index is -1.96. The number of benzene rings is 3. The molecule has 1 saturated heterocycles. The number of nitrogens with zero attached hydrogens (tertiary/aromatic N) is 2. The molecule has 0 radical (unpaired) electrons. The summed E-state index contributed by atoms with van der Waals surface area (Å²) in [5.74, 6) is 0.918. The zero-order chi connectivity index (χ0) is 23.4.